The minimum atomic E-state index is -3.10. The van der Waals surface area contributed by atoms with Crippen molar-refractivity contribution < 1.29 is 47.1 Å². The Balaban J connectivity index is 0.848. The van der Waals surface area contributed by atoms with Gasteiger partial charge in [0.2, 0.25) is 29.5 Å². The van der Waals surface area contributed by atoms with Crippen molar-refractivity contribution in [2.24, 2.45) is 5.73 Å². The van der Waals surface area contributed by atoms with Crippen molar-refractivity contribution in [2.75, 3.05) is 6.54 Å². The fourth-order valence-electron chi connectivity index (χ4n) is 11.8. The Kier molecular flexibility index (Phi) is 18.0. The van der Waals surface area contributed by atoms with E-state index in [1.807, 2.05) is 66.7 Å². The molecule has 5 heterocycles. The van der Waals surface area contributed by atoms with Crippen LogP contribution < -0.4 is 27.0 Å². The fraction of sp³-hybridized carbons (Fsp3) is 0.419. The summed E-state index contributed by atoms with van der Waals surface area (Å²) in [6.07, 6.45) is 6.58. The van der Waals surface area contributed by atoms with Gasteiger partial charge in [0.25, 0.3) is 17.7 Å². The van der Waals surface area contributed by atoms with E-state index < -0.39 is 59.6 Å². The second kappa shape index (κ2) is 25.4. The summed E-state index contributed by atoms with van der Waals surface area (Å²) < 4.78 is 28.5. The van der Waals surface area contributed by atoms with Crippen molar-refractivity contribution in [3.8, 4) is 11.8 Å². The van der Waals surface area contributed by atoms with Crippen LogP contribution in [0.4, 0.5) is 8.78 Å². The number of carbonyl (C=O) groups excluding carboxylic acids is 8. The molecule has 0 saturated carbocycles. The number of imide groups is 1. The number of hydrogen-bond acceptors (Lipinski definition) is 9. The predicted molar refractivity (Wildman–Crippen MR) is 296 cm³/mol. The van der Waals surface area contributed by atoms with Crippen LogP contribution in [0.3, 0.4) is 0 Å². The number of aromatic nitrogens is 1. The molecule has 0 spiro atoms. The smallest absolute Gasteiger partial charge is 0.270 e. The average Bonchev–Trinajstić information content (AvgIpc) is 4.25. The van der Waals surface area contributed by atoms with E-state index in [4.69, 9.17) is 5.73 Å². The zero-order valence-corrected chi connectivity index (χ0v) is 44.9. The molecule has 5 aromatic rings. The van der Waals surface area contributed by atoms with Crippen molar-refractivity contribution in [3.63, 3.8) is 0 Å². The number of nitrogens with zero attached hydrogens (tertiary/aromatic N) is 2. The summed E-state index contributed by atoms with van der Waals surface area (Å²) in [6.45, 7) is 1.73. The third kappa shape index (κ3) is 13.5. The van der Waals surface area contributed by atoms with Crippen LogP contribution in [-0.4, -0.2) is 105 Å². The highest BCUT2D eigenvalue weighted by Gasteiger charge is 2.46. The molecular weight excluding hydrogens is 1020 g/mol. The highest BCUT2D eigenvalue weighted by atomic mass is 19.3. The SMILES string of the molecule is CC(F)(F)c1ccc2[nH]c(C(=O)N[C@H]3CC[C@H](NCCCCCCC#Cc4cccc5c4CN(C4CCC(=O)NC4=O)C5=O)C[C@H]4CC[C@@H](C(=O)N[C@@H](CCC(N)=O)C(=O)CC(c5ccccc5)c5ccccc5)N4C3=O)cc2c1. The lowest BCUT2D eigenvalue weighted by atomic mass is 9.85. The first-order valence-corrected chi connectivity index (χ1v) is 27.9. The number of H-pyrrole nitrogens is 1. The number of fused-ring (bicyclic) bond motifs is 3. The lowest BCUT2D eigenvalue weighted by Gasteiger charge is -2.38. The van der Waals surface area contributed by atoms with Gasteiger partial charge in [-0.1, -0.05) is 97.5 Å². The molecule has 4 aliphatic rings. The van der Waals surface area contributed by atoms with Crippen LogP contribution in [0.15, 0.2) is 103 Å². The first kappa shape index (κ1) is 56.7. The maximum absolute atomic E-state index is 14.9. The van der Waals surface area contributed by atoms with Crippen molar-refractivity contribution in [3.05, 3.63) is 142 Å². The molecule has 0 bridgehead atoms. The Bertz CT molecular complexity index is 3170. The number of ketones is 1. The van der Waals surface area contributed by atoms with Gasteiger partial charge < -0.3 is 36.5 Å². The van der Waals surface area contributed by atoms with E-state index in [1.165, 1.54) is 29.2 Å². The van der Waals surface area contributed by atoms with Gasteiger partial charge in [-0.15, -0.1) is 0 Å². The number of benzene rings is 4. The number of nitrogens with two attached hydrogens (primary N) is 1. The van der Waals surface area contributed by atoms with E-state index in [9.17, 15) is 47.1 Å². The number of alkyl halides is 2. The summed E-state index contributed by atoms with van der Waals surface area (Å²) in [5.74, 6) is -0.499. The van der Waals surface area contributed by atoms with Crippen LogP contribution in [-0.2, 0) is 41.2 Å². The van der Waals surface area contributed by atoms with Gasteiger partial charge in [0.1, 0.15) is 23.8 Å². The number of amides is 7. The molecule has 1 aromatic heterocycles. The summed E-state index contributed by atoms with van der Waals surface area (Å²) in [7, 11) is 0. The summed E-state index contributed by atoms with van der Waals surface area (Å²) >= 11 is 0. The van der Waals surface area contributed by atoms with Gasteiger partial charge in [-0.3, -0.25) is 43.7 Å². The second-order valence-corrected chi connectivity index (χ2v) is 21.7. The molecular formula is C62H68F2N8O8. The second-order valence-electron chi connectivity index (χ2n) is 21.7. The molecule has 16 nitrogen and oxygen atoms in total. The van der Waals surface area contributed by atoms with Gasteiger partial charge in [-0.2, -0.15) is 0 Å². The molecule has 1 unspecified atom stereocenters. The van der Waals surface area contributed by atoms with Gasteiger partial charge >= 0.3 is 0 Å². The summed E-state index contributed by atoms with van der Waals surface area (Å²) in [6, 6.07) is 25.8. The lowest BCUT2D eigenvalue weighted by molar-refractivity contribution is -0.143. The Labute approximate surface area is 463 Å². The van der Waals surface area contributed by atoms with Crippen molar-refractivity contribution in [1.82, 2.24) is 36.1 Å². The number of aromatic amines is 1. The molecule has 4 aromatic carbocycles. The molecule has 0 radical (unpaired) electrons. The Morgan fingerprint density at radius 1 is 0.838 bits per heavy atom. The number of primary amides is 1. The quantitative estimate of drug-likeness (QED) is 0.0248. The predicted octanol–water partition coefficient (Wildman–Crippen LogP) is 7.18. The number of nitrogens with one attached hydrogen (secondary N) is 5. The molecule has 9 rings (SSSR count). The van der Waals surface area contributed by atoms with E-state index in [2.05, 4.69) is 38.1 Å². The number of hydrogen-bond donors (Lipinski definition) is 6. The Morgan fingerprint density at radius 3 is 2.29 bits per heavy atom. The largest absolute Gasteiger partial charge is 0.370 e. The molecule has 7 N–H and O–H groups in total. The highest BCUT2D eigenvalue weighted by molar-refractivity contribution is 6.06. The summed E-state index contributed by atoms with van der Waals surface area (Å²) in [5, 5.41) is 12.3. The first-order chi connectivity index (χ1) is 38.5. The van der Waals surface area contributed by atoms with Gasteiger partial charge in [-0.05, 0) is 111 Å². The van der Waals surface area contributed by atoms with Gasteiger partial charge in [0, 0.05) is 84.7 Å². The third-order valence-corrected chi connectivity index (χ3v) is 16.1. The molecule has 3 fully saturated rings. The van der Waals surface area contributed by atoms with Crippen LogP contribution in [0.2, 0.25) is 0 Å². The first-order valence-electron chi connectivity index (χ1n) is 27.9. The highest BCUT2D eigenvalue weighted by Crippen LogP contribution is 2.35. The molecule has 18 heteroatoms. The van der Waals surface area contributed by atoms with E-state index in [1.54, 1.807) is 17.0 Å². The molecule has 80 heavy (non-hydrogen) atoms. The van der Waals surface area contributed by atoms with Gasteiger partial charge in [0.05, 0.1) is 6.04 Å². The Hall–Kier alpha value is -8.04. The standard InChI is InChI=1S/C62H68F2N8O8/c1-62(63,64)42-22-25-48-41(33-42)34-51(67-48)57(76)69-50-26-23-43(66-32-13-5-3-2-4-8-19-40-20-14-21-45-47(40)37-71(60(45)79)52-29-31-56(75)70-58(52)77)35-44-24-28-53(72(44)61(50)80)59(78)68-49(27-30-55(65)74)54(73)36-46(38-15-9-6-10-16-38)39-17-11-7-12-18-39/h6-7,9-12,14-18,20-22,25,33-34,43-44,46,49-50,52-53,66-67H,2-5,13,23-24,26-32,35-37H2,1H3,(H2,65,74)(H,68,78)(H,69,76)(H,70,75,77)/t43-,44+,49-,50-,52?,53-/m0/s1. The zero-order valence-electron chi connectivity index (χ0n) is 44.9. The minimum Gasteiger partial charge on any atom is -0.370 e. The zero-order chi connectivity index (χ0) is 56.5. The van der Waals surface area contributed by atoms with E-state index in [-0.39, 0.29) is 91.9 Å². The van der Waals surface area contributed by atoms with E-state index in [0.717, 1.165) is 54.9 Å². The molecule has 4 aliphatic heterocycles. The van der Waals surface area contributed by atoms with Gasteiger partial charge in [0.15, 0.2) is 5.78 Å². The summed E-state index contributed by atoms with van der Waals surface area (Å²) in [5.41, 5.74) is 9.80. The normalized spacial score (nSPS) is 20.5. The van der Waals surface area contributed by atoms with Crippen LogP contribution in [0.25, 0.3) is 10.9 Å². The number of unbranched alkanes of at least 4 members (excludes halogenated alkanes) is 4. The topological polar surface area (TPSA) is 233 Å². The minimum absolute atomic E-state index is 0.0228. The fourth-order valence-corrected chi connectivity index (χ4v) is 11.8. The van der Waals surface area contributed by atoms with Crippen LogP contribution in [0.1, 0.15) is 158 Å². The lowest BCUT2D eigenvalue weighted by Crippen LogP contribution is -2.59. The number of Topliss-reactive ketones (excluding diaryl/α,β-unsaturated/α-hetero) is 1. The molecule has 418 valence electrons. The number of halogens is 2. The maximum Gasteiger partial charge on any atom is 0.270 e. The molecule has 3 saturated heterocycles. The third-order valence-electron chi connectivity index (χ3n) is 16.1. The molecule has 7 amide bonds. The van der Waals surface area contributed by atoms with Crippen LogP contribution >= 0.6 is 0 Å². The van der Waals surface area contributed by atoms with Crippen molar-refractivity contribution in [2.45, 2.75) is 158 Å². The van der Waals surface area contributed by atoms with Crippen molar-refractivity contribution in [1.29, 1.82) is 0 Å². The monoisotopic (exact) mass is 1090 g/mol. The van der Waals surface area contributed by atoms with Crippen LogP contribution in [0.5, 0.6) is 0 Å². The Morgan fingerprint density at radius 2 is 1.57 bits per heavy atom. The van der Waals surface area contributed by atoms with E-state index >= 15 is 0 Å². The van der Waals surface area contributed by atoms with Gasteiger partial charge in [-0.25, -0.2) is 8.78 Å². The van der Waals surface area contributed by atoms with E-state index in [0.29, 0.717) is 55.1 Å². The maximum atomic E-state index is 14.9. The summed E-state index contributed by atoms with van der Waals surface area (Å²) in [4.78, 5) is 114. The van der Waals surface area contributed by atoms with Crippen molar-refractivity contribution >= 4 is 58.0 Å². The number of rotatable bonds is 21. The van der Waals surface area contributed by atoms with Crippen LogP contribution in [0, 0.1) is 11.8 Å². The molecule has 6 atom stereocenters. The average molecular weight is 1090 g/mol. The number of piperidine rings is 1. The number of carbonyl (C=O) groups is 8. The molecule has 0 aliphatic carbocycles.